The third kappa shape index (κ3) is 1.93. The highest BCUT2D eigenvalue weighted by Gasteiger charge is 2.30. The highest BCUT2D eigenvalue weighted by Crippen LogP contribution is 2.35. The van der Waals surface area contributed by atoms with E-state index >= 15 is 0 Å². The topological polar surface area (TPSA) is 42.4 Å². The van der Waals surface area contributed by atoms with Crippen LogP contribution in [0.5, 0.6) is 5.75 Å². The summed E-state index contributed by atoms with van der Waals surface area (Å²) in [6, 6.07) is 7.93. The minimum Gasteiger partial charge on any atom is -0.497 e. The lowest BCUT2D eigenvalue weighted by atomic mass is 10.1. The van der Waals surface area contributed by atoms with E-state index < -0.39 is 0 Å². The standard InChI is InChI=1S/C15H16N2O2/c1-10-5-6-14(18)17(10)13-9-12(19-2)8-11-4-3-7-16-15(11)13/h3-4,7-10H,5-6H2,1-2H3. The van der Waals surface area contributed by atoms with Crippen molar-refractivity contribution in [1.29, 1.82) is 0 Å². The van der Waals surface area contributed by atoms with Crippen LogP contribution in [0.2, 0.25) is 0 Å². The first kappa shape index (κ1) is 12.0. The molecule has 2 aromatic rings. The van der Waals surface area contributed by atoms with Gasteiger partial charge in [-0.05, 0) is 25.5 Å². The summed E-state index contributed by atoms with van der Waals surface area (Å²) in [5, 5.41) is 0.990. The van der Waals surface area contributed by atoms with E-state index in [9.17, 15) is 4.79 Å². The maximum Gasteiger partial charge on any atom is 0.227 e. The van der Waals surface area contributed by atoms with Crippen LogP contribution in [0.3, 0.4) is 0 Å². The molecule has 1 unspecified atom stereocenters. The van der Waals surface area contributed by atoms with Crippen LogP contribution in [0.15, 0.2) is 30.5 Å². The van der Waals surface area contributed by atoms with Crippen molar-refractivity contribution in [2.45, 2.75) is 25.8 Å². The Balaban J connectivity index is 2.23. The van der Waals surface area contributed by atoms with Gasteiger partial charge in [0.05, 0.1) is 18.3 Å². The number of carbonyl (C=O) groups is 1. The van der Waals surface area contributed by atoms with E-state index in [4.69, 9.17) is 4.74 Å². The van der Waals surface area contributed by atoms with Crippen molar-refractivity contribution < 1.29 is 9.53 Å². The Morgan fingerprint density at radius 2 is 2.26 bits per heavy atom. The van der Waals surface area contributed by atoms with Crippen molar-refractivity contribution in [1.82, 2.24) is 4.98 Å². The van der Waals surface area contributed by atoms with Gasteiger partial charge in [0.1, 0.15) is 5.75 Å². The fourth-order valence-electron chi connectivity index (χ4n) is 2.65. The Morgan fingerprint density at radius 3 is 2.95 bits per heavy atom. The summed E-state index contributed by atoms with van der Waals surface area (Å²) >= 11 is 0. The molecule has 1 aliphatic rings. The van der Waals surface area contributed by atoms with Gasteiger partial charge in [0.2, 0.25) is 5.91 Å². The van der Waals surface area contributed by atoms with E-state index in [1.165, 1.54) is 0 Å². The average Bonchev–Trinajstić information content (AvgIpc) is 2.77. The van der Waals surface area contributed by atoms with Crippen molar-refractivity contribution in [3.63, 3.8) is 0 Å². The van der Waals surface area contributed by atoms with Crippen LogP contribution in [0.4, 0.5) is 5.69 Å². The number of pyridine rings is 1. The minimum absolute atomic E-state index is 0.160. The second kappa shape index (κ2) is 4.53. The minimum atomic E-state index is 0.160. The number of hydrogen-bond acceptors (Lipinski definition) is 3. The van der Waals surface area contributed by atoms with E-state index in [1.54, 1.807) is 13.3 Å². The van der Waals surface area contributed by atoms with Gasteiger partial charge >= 0.3 is 0 Å². The number of hydrogen-bond donors (Lipinski definition) is 0. The number of amides is 1. The summed E-state index contributed by atoms with van der Waals surface area (Å²) in [6.45, 7) is 2.07. The van der Waals surface area contributed by atoms with Gasteiger partial charge in [0.25, 0.3) is 0 Å². The highest BCUT2D eigenvalue weighted by atomic mass is 16.5. The zero-order chi connectivity index (χ0) is 13.4. The lowest BCUT2D eigenvalue weighted by molar-refractivity contribution is -0.117. The summed E-state index contributed by atoms with van der Waals surface area (Å²) in [5.74, 6) is 0.912. The number of ether oxygens (including phenoxy) is 1. The zero-order valence-electron chi connectivity index (χ0n) is 11.1. The third-order valence-corrected chi connectivity index (χ3v) is 3.64. The molecule has 98 valence electrons. The Bertz CT molecular complexity index is 639. The summed E-state index contributed by atoms with van der Waals surface area (Å²) in [4.78, 5) is 18.4. The Hall–Kier alpha value is -2.10. The molecule has 0 radical (unpaired) electrons. The van der Waals surface area contributed by atoms with E-state index in [-0.39, 0.29) is 11.9 Å². The smallest absolute Gasteiger partial charge is 0.227 e. The summed E-state index contributed by atoms with van der Waals surface area (Å²) in [5.41, 5.74) is 1.70. The highest BCUT2D eigenvalue weighted by molar-refractivity contribution is 6.04. The molecule has 0 spiro atoms. The molecule has 0 saturated carbocycles. The maximum absolute atomic E-state index is 12.1. The largest absolute Gasteiger partial charge is 0.497 e. The van der Waals surface area contributed by atoms with Crippen LogP contribution in [-0.2, 0) is 4.79 Å². The third-order valence-electron chi connectivity index (χ3n) is 3.64. The van der Waals surface area contributed by atoms with Gasteiger partial charge in [-0.2, -0.15) is 0 Å². The molecular weight excluding hydrogens is 240 g/mol. The molecular formula is C15H16N2O2. The average molecular weight is 256 g/mol. The first-order valence-corrected chi connectivity index (χ1v) is 6.45. The van der Waals surface area contributed by atoms with Crippen LogP contribution in [0.25, 0.3) is 10.9 Å². The number of methoxy groups -OCH3 is 1. The zero-order valence-corrected chi connectivity index (χ0v) is 11.1. The second-order valence-electron chi connectivity index (χ2n) is 4.87. The van der Waals surface area contributed by atoms with Crippen molar-refractivity contribution in [3.05, 3.63) is 30.5 Å². The molecule has 1 aromatic heterocycles. The van der Waals surface area contributed by atoms with Gasteiger partial charge in [-0.25, -0.2) is 0 Å². The molecule has 4 nitrogen and oxygen atoms in total. The van der Waals surface area contributed by atoms with Crippen LogP contribution in [-0.4, -0.2) is 24.0 Å². The first-order chi connectivity index (χ1) is 9.20. The molecule has 1 aromatic carbocycles. The lowest BCUT2D eigenvalue weighted by Gasteiger charge is -2.23. The molecule has 1 aliphatic heterocycles. The van der Waals surface area contributed by atoms with Gasteiger partial charge in [-0.1, -0.05) is 6.07 Å². The Morgan fingerprint density at radius 1 is 1.42 bits per heavy atom. The molecule has 19 heavy (non-hydrogen) atoms. The summed E-state index contributed by atoms with van der Waals surface area (Å²) < 4.78 is 5.33. The number of rotatable bonds is 2. The number of carbonyl (C=O) groups excluding carboxylic acids is 1. The van der Waals surface area contributed by atoms with Crippen molar-refractivity contribution in [2.24, 2.45) is 0 Å². The predicted octanol–water partition coefficient (Wildman–Crippen LogP) is 2.76. The maximum atomic E-state index is 12.1. The van der Waals surface area contributed by atoms with Gasteiger partial charge in [-0.3, -0.25) is 9.78 Å². The fourth-order valence-corrected chi connectivity index (χ4v) is 2.65. The predicted molar refractivity (Wildman–Crippen MR) is 74.5 cm³/mol. The van der Waals surface area contributed by atoms with Gasteiger partial charge in [-0.15, -0.1) is 0 Å². The molecule has 1 amide bonds. The van der Waals surface area contributed by atoms with Crippen LogP contribution < -0.4 is 9.64 Å². The number of benzene rings is 1. The molecule has 0 aliphatic carbocycles. The molecule has 0 bridgehead atoms. The van der Waals surface area contributed by atoms with Gasteiger partial charge in [0, 0.05) is 30.1 Å². The Labute approximate surface area is 112 Å². The molecule has 2 heterocycles. The van der Waals surface area contributed by atoms with E-state index in [1.807, 2.05) is 29.2 Å². The monoisotopic (exact) mass is 256 g/mol. The van der Waals surface area contributed by atoms with E-state index in [2.05, 4.69) is 11.9 Å². The SMILES string of the molecule is COc1cc(N2C(=O)CCC2C)c2ncccc2c1. The number of anilines is 1. The van der Waals surface area contributed by atoms with Crippen molar-refractivity contribution in [3.8, 4) is 5.75 Å². The Kier molecular flexibility index (Phi) is 2.85. The number of nitrogens with zero attached hydrogens (tertiary/aromatic N) is 2. The molecule has 0 N–H and O–H groups in total. The fraction of sp³-hybridized carbons (Fsp3) is 0.333. The molecule has 1 saturated heterocycles. The van der Waals surface area contributed by atoms with Crippen molar-refractivity contribution >= 4 is 22.5 Å². The number of aromatic nitrogens is 1. The second-order valence-corrected chi connectivity index (χ2v) is 4.87. The quantitative estimate of drug-likeness (QED) is 0.829. The van der Waals surface area contributed by atoms with Gasteiger partial charge in [0.15, 0.2) is 0 Å². The summed E-state index contributed by atoms with van der Waals surface area (Å²) in [7, 11) is 1.64. The van der Waals surface area contributed by atoms with E-state index in [0.29, 0.717) is 6.42 Å². The molecule has 1 atom stereocenters. The van der Waals surface area contributed by atoms with Crippen LogP contribution in [0.1, 0.15) is 19.8 Å². The van der Waals surface area contributed by atoms with Crippen LogP contribution in [0, 0.1) is 0 Å². The molecule has 3 rings (SSSR count). The first-order valence-electron chi connectivity index (χ1n) is 6.45. The van der Waals surface area contributed by atoms with E-state index in [0.717, 1.165) is 28.8 Å². The normalized spacial score (nSPS) is 19.2. The molecule has 1 fully saturated rings. The number of fused-ring (bicyclic) bond motifs is 1. The summed E-state index contributed by atoms with van der Waals surface area (Å²) in [6.07, 6.45) is 3.25. The van der Waals surface area contributed by atoms with Crippen LogP contribution >= 0.6 is 0 Å². The van der Waals surface area contributed by atoms with Gasteiger partial charge < -0.3 is 9.64 Å². The van der Waals surface area contributed by atoms with Crippen molar-refractivity contribution in [2.75, 3.05) is 12.0 Å². The lowest BCUT2D eigenvalue weighted by Crippen LogP contribution is -2.30. The molecule has 4 heteroatoms.